The zero-order chi connectivity index (χ0) is 14.7. The normalized spacial score (nSPS) is 21.1. The van der Waals surface area contributed by atoms with Crippen molar-refractivity contribution in [1.82, 2.24) is 0 Å². The highest BCUT2D eigenvalue weighted by Crippen LogP contribution is 2.36. The van der Waals surface area contributed by atoms with Crippen LogP contribution in [0.15, 0.2) is 54.6 Å². The van der Waals surface area contributed by atoms with E-state index in [1.165, 1.54) is 0 Å². The van der Waals surface area contributed by atoms with Crippen molar-refractivity contribution in [2.45, 2.75) is 12.5 Å². The molecule has 0 radical (unpaired) electrons. The van der Waals surface area contributed by atoms with Crippen molar-refractivity contribution >= 4 is 5.97 Å². The van der Waals surface area contributed by atoms with Gasteiger partial charge in [-0.15, -0.1) is 0 Å². The predicted octanol–water partition coefficient (Wildman–Crippen LogP) is 3.64. The number of carboxylic acids is 1. The highest BCUT2D eigenvalue weighted by atomic mass is 16.5. The number of para-hydroxylation sites is 1. The average Bonchev–Trinajstić information content (AvgIpc) is 2.98. The second kappa shape index (κ2) is 5.97. The molecule has 2 aromatic rings. The highest BCUT2D eigenvalue weighted by molar-refractivity contribution is 5.71. The van der Waals surface area contributed by atoms with Gasteiger partial charge in [-0.25, -0.2) is 0 Å². The van der Waals surface area contributed by atoms with Gasteiger partial charge in [0.25, 0.3) is 0 Å². The van der Waals surface area contributed by atoms with Crippen LogP contribution in [0.2, 0.25) is 0 Å². The molecule has 1 N–H and O–H groups in total. The number of benzene rings is 2. The van der Waals surface area contributed by atoms with E-state index in [1.54, 1.807) is 0 Å². The Morgan fingerprint density at radius 3 is 2.62 bits per heavy atom. The van der Waals surface area contributed by atoms with Crippen molar-refractivity contribution in [2.24, 2.45) is 5.92 Å². The third kappa shape index (κ3) is 3.06. The third-order valence-electron chi connectivity index (χ3n) is 3.57. The Hall–Kier alpha value is -2.33. The van der Waals surface area contributed by atoms with Crippen LogP contribution in [0.25, 0.3) is 0 Å². The highest BCUT2D eigenvalue weighted by Gasteiger charge is 2.35. The van der Waals surface area contributed by atoms with Gasteiger partial charge in [0, 0.05) is 6.61 Å². The molecule has 0 saturated carbocycles. The smallest absolute Gasteiger partial charge is 0.309 e. The largest absolute Gasteiger partial charge is 0.481 e. The number of hydrogen-bond donors (Lipinski definition) is 1. The molecule has 2 unspecified atom stereocenters. The van der Waals surface area contributed by atoms with Crippen molar-refractivity contribution < 1.29 is 19.4 Å². The number of carbonyl (C=O) groups is 1. The van der Waals surface area contributed by atoms with Crippen LogP contribution in [0.4, 0.5) is 0 Å². The van der Waals surface area contributed by atoms with Crippen LogP contribution in [0.5, 0.6) is 11.5 Å². The summed E-state index contributed by atoms with van der Waals surface area (Å²) in [6.45, 7) is 0.478. The van der Waals surface area contributed by atoms with Gasteiger partial charge >= 0.3 is 5.97 Å². The third-order valence-corrected chi connectivity index (χ3v) is 3.57. The summed E-state index contributed by atoms with van der Waals surface area (Å²) in [4.78, 5) is 11.3. The molecular weight excluding hydrogens is 268 g/mol. The molecule has 0 bridgehead atoms. The zero-order valence-corrected chi connectivity index (χ0v) is 11.4. The van der Waals surface area contributed by atoms with Gasteiger partial charge in [-0.05, 0) is 36.2 Å². The first kappa shape index (κ1) is 13.6. The number of aliphatic carboxylic acids is 1. The Kier molecular flexibility index (Phi) is 3.88. The molecule has 0 aliphatic carbocycles. The summed E-state index contributed by atoms with van der Waals surface area (Å²) in [6, 6.07) is 16.9. The summed E-state index contributed by atoms with van der Waals surface area (Å²) in [7, 11) is 0. The minimum atomic E-state index is -0.813. The lowest BCUT2D eigenvalue weighted by atomic mass is 9.95. The Morgan fingerprint density at radius 1 is 1.10 bits per heavy atom. The average molecular weight is 284 g/mol. The molecule has 4 nitrogen and oxygen atoms in total. The lowest BCUT2D eigenvalue weighted by molar-refractivity contribution is -0.143. The molecule has 0 aromatic heterocycles. The van der Waals surface area contributed by atoms with Gasteiger partial charge in [0.05, 0.1) is 12.0 Å². The number of carboxylic acid groups (broad SMARTS) is 1. The van der Waals surface area contributed by atoms with Gasteiger partial charge in [0.1, 0.15) is 11.5 Å². The Labute approximate surface area is 122 Å². The number of rotatable bonds is 4. The van der Waals surface area contributed by atoms with Gasteiger partial charge in [-0.3, -0.25) is 4.79 Å². The Balaban J connectivity index is 1.81. The van der Waals surface area contributed by atoms with E-state index in [4.69, 9.17) is 9.47 Å². The van der Waals surface area contributed by atoms with Gasteiger partial charge in [0.15, 0.2) is 0 Å². The minimum absolute atomic E-state index is 0.401. The molecule has 2 atom stereocenters. The monoisotopic (exact) mass is 284 g/mol. The first-order valence-electron chi connectivity index (χ1n) is 6.91. The molecule has 0 spiro atoms. The van der Waals surface area contributed by atoms with Crippen molar-refractivity contribution in [3.8, 4) is 11.5 Å². The molecule has 1 aliphatic heterocycles. The maximum absolute atomic E-state index is 11.3. The van der Waals surface area contributed by atoms with Gasteiger partial charge in [-0.2, -0.15) is 0 Å². The van der Waals surface area contributed by atoms with Gasteiger partial charge in [0.2, 0.25) is 0 Å². The number of hydrogen-bond acceptors (Lipinski definition) is 3. The maximum atomic E-state index is 11.3. The Bertz CT molecular complexity index is 624. The first-order chi connectivity index (χ1) is 10.2. The lowest BCUT2D eigenvalue weighted by Gasteiger charge is -2.16. The van der Waals surface area contributed by atoms with Crippen LogP contribution in [-0.2, 0) is 9.53 Å². The summed E-state index contributed by atoms with van der Waals surface area (Å²) in [5.74, 6) is 0.124. The summed E-state index contributed by atoms with van der Waals surface area (Å²) in [5, 5.41) is 9.24. The second-order valence-corrected chi connectivity index (χ2v) is 5.01. The second-order valence-electron chi connectivity index (χ2n) is 5.01. The molecule has 1 saturated heterocycles. The fourth-order valence-electron chi connectivity index (χ4n) is 2.55. The maximum Gasteiger partial charge on any atom is 0.309 e. The van der Waals surface area contributed by atoms with Crippen molar-refractivity contribution in [3.05, 3.63) is 60.2 Å². The molecule has 0 amide bonds. The summed E-state index contributed by atoms with van der Waals surface area (Å²) >= 11 is 0. The van der Waals surface area contributed by atoms with E-state index in [0.29, 0.717) is 18.8 Å². The quantitative estimate of drug-likeness (QED) is 0.931. The molecule has 4 heteroatoms. The van der Waals surface area contributed by atoms with E-state index in [9.17, 15) is 9.90 Å². The fraction of sp³-hybridized carbons (Fsp3) is 0.235. The molecule has 1 fully saturated rings. The first-order valence-corrected chi connectivity index (χ1v) is 6.91. The lowest BCUT2D eigenvalue weighted by Crippen LogP contribution is -2.17. The van der Waals surface area contributed by atoms with E-state index >= 15 is 0 Å². The van der Waals surface area contributed by atoms with Crippen LogP contribution in [-0.4, -0.2) is 17.7 Å². The topological polar surface area (TPSA) is 55.8 Å². The summed E-state index contributed by atoms with van der Waals surface area (Å²) < 4.78 is 11.4. The molecule has 1 heterocycles. The van der Waals surface area contributed by atoms with Gasteiger partial charge < -0.3 is 14.6 Å². The van der Waals surface area contributed by atoms with E-state index in [2.05, 4.69) is 0 Å². The zero-order valence-electron chi connectivity index (χ0n) is 11.4. The summed E-state index contributed by atoms with van der Waals surface area (Å²) in [6.07, 6.45) is 0.144. The van der Waals surface area contributed by atoms with Crippen LogP contribution >= 0.6 is 0 Å². The van der Waals surface area contributed by atoms with Crippen LogP contribution in [0, 0.1) is 5.92 Å². The van der Waals surface area contributed by atoms with Gasteiger partial charge in [-0.1, -0.05) is 30.3 Å². The van der Waals surface area contributed by atoms with Crippen molar-refractivity contribution in [2.75, 3.05) is 6.61 Å². The molecule has 21 heavy (non-hydrogen) atoms. The Morgan fingerprint density at radius 2 is 1.86 bits per heavy atom. The minimum Gasteiger partial charge on any atom is -0.481 e. The van der Waals surface area contributed by atoms with E-state index in [-0.39, 0.29) is 0 Å². The van der Waals surface area contributed by atoms with Crippen molar-refractivity contribution in [1.29, 1.82) is 0 Å². The van der Waals surface area contributed by atoms with Crippen LogP contribution < -0.4 is 4.74 Å². The van der Waals surface area contributed by atoms with E-state index in [1.807, 2.05) is 54.6 Å². The SMILES string of the molecule is O=C(O)C1CCOC1c1cccc(Oc2ccccc2)c1. The van der Waals surface area contributed by atoms with Crippen LogP contribution in [0.3, 0.4) is 0 Å². The standard InChI is InChI=1S/C17H16O4/c18-17(19)15-9-10-20-16(15)12-5-4-8-14(11-12)21-13-6-2-1-3-7-13/h1-8,11,15-16H,9-10H2,(H,18,19). The molecule has 2 aromatic carbocycles. The van der Waals surface area contributed by atoms with E-state index in [0.717, 1.165) is 11.3 Å². The fourth-order valence-corrected chi connectivity index (χ4v) is 2.55. The molecule has 108 valence electrons. The molecular formula is C17H16O4. The number of ether oxygens (including phenoxy) is 2. The van der Waals surface area contributed by atoms with E-state index < -0.39 is 18.0 Å². The predicted molar refractivity (Wildman–Crippen MR) is 77.4 cm³/mol. The van der Waals surface area contributed by atoms with Crippen LogP contribution in [0.1, 0.15) is 18.1 Å². The molecule has 3 rings (SSSR count). The molecule has 1 aliphatic rings. The van der Waals surface area contributed by atoms with Crippen molar-refractivity contribution in [3.63, 3.8) is 0 Å². The summed E-state index contributed by atoms with van der Waals surface area (Å²) in [5.41, 5.74) is 0.841.